The summed E-state index contributed by atoms with van der Waals surface area (Å²) < 4.78 is 0. The van der Waals surface area contributed by atoms with E-state index in [4.69, 9.17) is 0 Å². The lowest BCUT2D eigenvalue weighted by Crippen LogP contribution is -2.42. The van der Waals surface area contributed by atoms with Crippen LogP contribution in [-0.2, 0) is 6.42 Å². The second-order valence-corrected chi connectivity index (χ2v) is 7.29. The average molecular weight is 273 g/mol. The van der Waals surface area contributed by atoms with E-state index >= 15 is 0 Å². The van der Waals surface area contributed by atoms with Crippen molar-refractivity contribution >= 4 is 0 Å². The molecule has 20 heavy (non-hydrogen) atoms. The fourth-order valence-electron chi connectivity index (χ4n) is 3.98. The maximum Gasteiger partial charge on any atom is 0.0141 e. The molecule has 1 aliphatic carbocycles. The third-order valence-corrected chi connectivity index (χ3v) is 5.24. The van der Waals surface area contributed by atoms with Gasteiger partial charge >= 0.3 is 0 Å². The van der Waals surface area contributed by atoms with Crippen molar-refractivity contribution in [3.63, 3.8) is 0 Å². The summed E-state index contributed by atoms with van der Waals surface area (Å²) in [7, 11) is 0. The van der Waals surface area contributed by atoms with Gasteiger partial charge in [-0.05, 0) is 62.1 Å². The van der Waals surface area contributed by atoms with Gasteiger partial charge in [0.25, 0.3) is 0 Å². The summed E-state index contributed by atoms with van der Waals surface area (Å²) in [5.74, 6) is 0.808. The largest absolute Gasteiger partial charge is 0.314 e. The Hall–Kier alpha value is -0.820. The van der Waals surface area contributed by atoms with E-state index in [1.54, 1.807) is 0 Å². The van der Waals surface area contributed by atoms with Gasteiger partial charge < -0.3 is 5.32 Å². The summed E-state index contributed by atoms with van der Waals surface area (Å²) in [5, 5.41) is 3.78. The topological polar surface area (TPSA) is 12.0 Å². The molecule has 2 unspecified atom stereocenters. The van der Waals surface area contributed by atoms with E-state index < -0.39 is 0 Å². The smallest absolute Gasteiger partial charge is 0.0141 e. The normalized spacial score (nSPS) is 22.9. The molecule has 2 rings (SSSR count). The molecule has 0 saturated heterocycles. The van der Waals surface area contributed by atoms with E-state index in [1.165, 1.54) is 42.4 Å². The van der Waals surface area contributed by atoms with Crippen LogP contribution in [0.4, 0.5) is 0 Å². The van der Waals surface area contributed by atoms with Crippen LogP contribution in [0, 0.1) is 25.2 Å². The molecule has 1 aromatic rings. The Balaban J connectivity index is 2.19. The van der Waals surface area contributed by atoms with Gasteiger partial charge in [-0.1, -0.05) is 51.0 Å². The first-order valence-corrected chi connectivity index (χ1v) is 8.23. The van der Waals surface area contributed by atoms with Gasteiger partial charge in [-0.25, -0.2) is 0 Å². The van der Waals surface area contributed by atoms with Crippen LogP contribution >= 0.6 is 0 Å². The molecule has 2 atom stereocenters. The lowest BCUT2D eigenvalue weighted by molar-refractivity contribution is 0.197. The average Bonchev–Trinajstić information content (AvgIpc) is 2.73. The summed E-state index contributed by atoms with van der Waals surface area (Å²) in [6.07, 6.45) is 5.34. The standard InChI is InChI=1S/C19H31N/c1-6-20-18(17-8-7-11-19(17,4)5)13-16-12-14(2)9-10-15(16)3/h9-10,12,17-18,20H,6-8,11,13H2,1-5H3. The molecule has 1 heteroatoms. The maximum absolute atomic E-state index is 3.78. The Morgan fingerprint density at radius 2 is 2.05 bits per heavy atom. The van der Waals surface area contributed by atoms with Crippen molar-refractivity contribution in [1.82, 2.24) is 5.32 Å². The number of aryl methyl sites for hydroxylation is 2. The Morgan fingerprint density at radius 3 is 2.65 bits per heavy atom. The Kier molecular flexibility index (Phi) is 4.90. The molecular formula is C19H31N. The first kappa shape index (κ1) is 15.6. The van der Waals surface area contributed by atoms with Crippen LogP contribution in [-0.4, -0.2) is 12.6 Å². The summed E-state index contributed by atoms with van der Waals surface area (Å²) >= 11 is 0. The Bertz CT molecular complexity index is 447. The zero-order valence-electron chi connectivity index (χ0n) is 13.9. The van der Waals surface area contributed by atoms with Gasteiger partial charge in [0.1, 0.15) is 0 Å². The van der Waals surface area contributed by atoms with Crippen molar-refractivity contribution in [2.45, 2.75) is 66.3 Å². The highest BCUT2D eigenvalue weighted by atomic mass is 14.9. The fourth-order valence-corrected chi connectivity index (χ4v) is 3.98. The van der Waals surface area contributed by atoms with Crippen LogP contribution in [0.15, 0.2) is 18.2 Å². The van der Waals surface area contributed by atoms with Gasteiger partial charge in [0, 0.05) is 6.04 Å². The predicted molar refractivity (Wildman–Crippen MR) is 88.2 cm³/mol. The molecule has 0 spiro atoms. The van der Waals surface area contributed by atoms with Crippen LogP contribution in [0.2, 0.25) is 0 Å². The van der Waals surface area contributed by atoms with E-state index in [-0.39, 0.29) is 0 Å². The predicted octanol–water partition coefficient (Wildman–Crippen LogP) is 4.65. The highest BCUT2D eigenvalue weighted by molar-refractivity contribution is 5.31. The van der Waals surface area contributed by atoms with Crippen molar-refractivity contribution in [2.75, 3.05) is 6.54 Å². The summed E-state index contributed by atoms with van der Waals surface area (Å²) in [4.78, 5) is 0. The summed E-state index contributed by atoms with van der Waals surface area (Å²) in [6.45, 7) is 12.7. The highest BCUT2D eigenvalue weighted by Crippen LogP contribution is 2.45. The van der Waals surface area contributed by atoms with E-state index in [2.05, 4.69) is 58.1 Å². The molecule has 0 bridgehead atoms. The molecule has 1 aliphatic rings. The maximum atomic E-state index is 3.78. The Labute approximate surface area is 125 Å². The number of rotatable bonds is 5. The molecule has 0 aliphatic heterocycles. The molecule has 0 amide bonds. The molecule has 1 aromatic carbocycles. The minimum absolute atomic E-state index is 0.491. The second kappa shape index (κ2) is 6.30. The van der Waals surface area contributed by atoms with Crippen molar-refractivity contribution in [3.8, 4) is 0 Å². The molecule has 1 saturated carbocycles. The molecule has 0 aromatic heterocycles. The van der Waals surface area contributed by atoms with E-state index in [9.17, 15) is 0 Å². The van der Waals surface area contributed by atoms with Crippen LogP contribution in [0.5, 0.6) is 0 Å². The molecule has 112 valence electrons. The van der Waals surface area contributed by atoms with Crippen molar-refractivity contribution < 1.29 is 0 Å². The quantitative estimate of drug-likeness (QED) is 0.823. The number of benzene rings is 1. The van der Waals surface area contributed by atoms with Crippen molar-refractivity contribution in [2.24, 2.45) is 11.3 Å². The highest BCUT2D eigenvalue weighted by Gasteiger charge is 2.39. The fraction of sp³-hybridized carbons (Fsp3) is 0.684. The van der Waals surface area contributed by atoms with Gasteiger partial charge in [0.2, 0.25) is 0 Å². The van der Waals surface area contributed by atoms with Crippen LogP contribution < -0.4 is 5.32 Å². The van der Waals surface area contributed by atoms with Crippen LogP contribution in [0.1, 0.15) is 56.7 Å². The molecule has 0 radical (unpaired) electrons. The SMILES string of the molecule is CCNC(Cc1cc(C)ccc1C)C1CCCC1(C)C. The van der Waals surface area contributed by atoms with E-state index in [0.717, 1.165) is 12.5 Å². The minimum Gasteiger partial charge on any atom is -0.314 e. The zero-order chi connectivity index (χ0) is 14.8. The van der Waals surface area contributed by atoms with Gasteiger partial charge in [0.15, 0.2) is 0 Å². The van der Waals surface area contributed by atoms with Gasteiger partial charge in [0.05, 0.1) is 0 Å². The first-order chi connectivity index (χ1) is 9.44. The molecule has 1 nitrogen and oxygen atoms in total. The molecule has 1 N–H and O–H groups in total. The van der Waals surface area contributed by atoms with Crippen molar-refractivity contribution in [1.29, 1.82) is 0 Å². The molecular weight excluding hydrogens is 242 g/mol. The number of hydrogen-bond acceptors (Lipinski definition) is 1. The molecule has 0 heterocycles. The second-order valence-electron chi connectivity index (χ2n) is 7.29. The zero-order valence-corrected chi connectivity index (χ0v) is 13.9. The lowest BCUT2D eigenvalue weighted by Gasteiger charge is -2.35. The molecule has 1 fully saturated rings. The number of likely N-dealkylation sites (N-methyl/N-ethyl adjacent to an activating group) is 1. The van der Waals surface area contributed by atoms with Crippen LogP contribution in [0.25, 0.3) is 0 Å². The van der Waals surface area contributed by atoms with E-state index in [0.29, 0.717) is 11.5 Å². The first-order valence-electron chi connectivity index (χ1n) is 8.23. The number of hydrogen-bond donors (Lipinski definition) is 1. The van der Waals surface area contributed by atoms with Gasteiger partial charge in [-0.3, -0.25) is 0 Å². The monoisotopic (exact) mass is 273 g/mol. The van der Waals surface area contributed by atoms with Crippen LogP contribution in [0.3, 0.4) is 0 Å². The summed E-state index contributed by atoms with van der Waals surface area (Å²) in [5.41, 5.74) is 4.84. The number of nitrogens with one attached hydrogen (secondary N) is 1. The van der Waals surface area contributed by atoms with Gasteiger partial charge in [-0.15, -0.1) is 0 Å². The van der Waals surface area contributed by atoms with E-state index in [1.807, 2.05) is 0 Å². The van der Waals surface area contributed by atoms with Gasteiger partial charge in [-0.2, -0.15) is 0 Å². The third-order valence-electron chi connectivity index (χ3n) is 5.24. The minimum atomic E-state index is 0.491. The van der Waals surface area contributed by atoms with Crippen molar-refractivity contribution in [3.05, 3.63) is 34.9 Å². The third kappa shape index (κ3) is 3.44. The Morgan fingerprint density at radius 1 is 1.30 bits per heavy atom. The lowest BCUT2D eigenvalue weighted by atomic mass is 9.75. The summed E-state index contributed by atoms with van der Waals surface area (Å²) in [6, 6.07) is 7.49.